The molecule has 3 fully saturated rings. The maximum absolute atomic E-state index is 13.8. The van der Waals surface area contributed by atoms with Gasteiger partial charge in [-0.3, -0.25) is 4.79 Å². The summed E-state index contributed by atoms with van der Waals surface area (Å²) in [4.78, 5) is 12.0. The van der Waals surface area contributed by atoms with Gasteiger partial charge in [-0.05, 0) is 46.5 Å². The summed E-state index contributed by atoms with van der Waals surface area (Å²) < 4.78 is 58.6. The minimum Gasteiger partial charge on any atom is -0.389 e. The second kappa shape index (κ2) is 10.9. The van der Waals surface area contributed by atoms with E-state index in [-0.39, 0.29) is 24.3 Å². The Labute approximate surface area is 210 Å². The second-order valence-corrected chi connectivity index (χ2v) is 10.9. The number of allylic oxidation sites excluding steroid dienone is 2. The average Bonchev–Trinajstić information content (AvgIpc) is 3.51. The van der Waals surface area contributed by atoms with Gasteiger partial charge in [-0.2, -0.15) is 13.2 Å². The van der Waals surface area contributed by atoms with Crippen LogP contribution in [0.25, 0.3) is 0 Å². The Balaban J connectivity index is 1.65. The van der Waals surface area contributed by atoms with Crippen molar-refractivity contribution in [3.8, 4) is 0 Å². The second-order valence-electron chi connectivity index (χ2n) is 10.9. The van der Waals surface area contributed by atoms with E-state index in [1.165, 1.54) is 25.2 Å². The van der Waals surface area contributed by atoms with E-state index >= 15 is 0 Å². The molecule has 3 aliphatic heterocycles. The van der Waals surface area contributed by atoms with Gasteiger partial charge in [-0.25, -0.2) is 0 Å². The van der Waals surface area contributed by atoms with Gasteiger partial charge in [0.25, 0.3) is 0 Å². The van der Waals surface area contributed by atoms with Crippen LogP contribution >= 0.6 is 0 Å². The van der Waals surface area contributed by atoms with Crippen LogP contribution in [0.2, 0.25) is 0 Å². The average molecular weight is 518 g/mol. The van der Waals surface area contributed by atoms with Crippen molar-refractivity contribution in [1.29, 1.82) is 0 Å². The number of nitrogens with one attached hydrogen (secondary N) is 1. The monoisotopic (exact) mass is 517 g/mol. The summed E-state index contributed by atoms with van der Waals surface area (Å²) in [6, 6.07) is -0.293. The maximum Gasteiger partial charge on any atom is 0.416 e. The largest absolute Gasteiger partial charge is 0.416 e. The van der Waals surface area contributed by atoms with Crippen LogP contribution in [0.15, 0.2) is 36.0 Å². The molecule has 1 amide bonds. The number of carbonyl (C=O) groups is 1. The van der Waals surface area contributed by atoms with Crippen LogP contribution in [0.4, 0.5) is 13.2 Å². The minimum atomic E-state index is -4.59. The number of halogens is 3. The zero-order valence-corrected chi connectivity index (χ0v) is 21.4. The molecule has 10 heteroatoms. The lowest BCUT2D eigenvalue weighted by atomic mass is 9.83. The van der Waals surface area contributed by atoms with Gasteiger partial charge in [-0.15, -0.1) is 0 Å². The van der Waals surface area contributed by atoms with Crippen molar-refractivity contribution in [3.05, 3.63) is 36.0 Å². The molecule has 0 aromatic rings. The van der Waals surface area contributed by atoms with E-state index in [2.05, 4.69) is 5.32 Å². The Morgan fingerprint density at radius 2 is 1.92 bits per heavy atom. The summed E-state index contributed by atoms with van der Waals surface area (Å²) >= 11 is 0. The van der Waals surface area contributed by atoms with Crippen molar-refractivity contribution in [1.82, 2.24) is 5.32 Å². The first kappa shape index (κ1) is 28.8. The predicted octanol–water partition coefficient (Wildman–Crippen LogP) is 3.35. The van der Waals surface area contributed by atoms with E-state index in [1.807, 2.05) is 20.8 Å². The van der Waals surface area contributed by atoms with Gasteiger partial charge < -0.3 is 29.7 Å². The minimum absolute atomic E-state index is 0.0416. The molecule has 0 radical (unpaired) electrons. The molecule has 0 bridgehead atoms. The molecule has 204 valence electrons. The highest BCUT2D eigenvalue weighted by Crippen LogP contribution is 2.46. The quantitative estimate of drug-likeness (QED) is 0.272. The number of hydrogen-bond donors (Lipinski definition) is 3. The van der Waals surface area contributed by atoms with Gasteiger partial charge in [0.05, 0.1) is 42.1 Å². The van der Waals surface area contributed by atoms with E-state index < -0.39 is 53.5 Å². The van der Waals surface area contributed by atoms with Gasteiger partial charge in [0, 0.05) is 12.5 Å². The van der Waals surface area contributed by atoms with Crippen molar-refractivity contribution in [2.45, 2.75) is 108 Å². The summed E-state index contributed by atoms with van der Waals surface area (Å²) in [6.07, 6.45) is -1.13. The third kappa shape index (κ3) is 7.41. The van der Waals surface area contributed by atoms with Crippen LogP contribution in [-0.2, 0) is 19.0 Å². The molecule has 7 nitrogen and oxygen atoms in total. The standard InChI is InChI=1S/C26H38F3NO6/c1-15-12-19(30-22(32)11-6-16(2)31)17(3)35-20(15)9-7-18(26(27,28)29)8-10-21-23(33)25(14-34-25)13-24(4,5)36-21/h6-8,10-11,15-17,19-21,23,31,33H,9,12-14H2,1-5H3,(H,30,32)/b10-8+,11-6-,18-7-/t15-,16+,17+,19?,20-,21+,23+,25+/m0/s1. The third-order valence-corrected chi connectivity index (χ3v) is 6.98. The molecule has 0 aromatic carbocycles. The zero-order valence-electron chi connectivity index (χ0n) is 21.4. The summed E-state index contributed by atoms with van der Waals surface area (Å²) in [6.45, 7) is 9.19. The Morgan fingerprint density at radius 3 is 2.50 bits per heavy atom. The molecule has 8 atom stereocenters. The highest BCUT2D eigenvalue weighted by Gasteiger charge is 2.60. The first-order chi connectivity index (χ1) is 16.6. The van der Waals surface area contributed by atoms with Gasteiger partial charge >= 0.3 is 6.18 Å². The molecule has 3 aliphatic rings. The summed E-state index contributed by atoms with van der Waals surface area (Å²) in [5, 5.41) is 22.7. The topological polar surface area (TPSA) is 101 Å². The van der Waals surface area contributed by atoms with Crippen LogP contribution in [0.1, 0.15) is 53.9 Å². The lowest BCUT2D eigenvalue weighted by molar-refractivity contribution is -0.171. The third-order valence-electron chi connectivity index (χ3n) is 6.98. The van der Waals surface area contributed by atoms with Crippen LogP contribution in [0, 0.1) is 5.92 Å². The highest BCUT2D eigenvalue weighted by atomic mass is 19.4. The van der Waals surface area contributed by atoms with Gasteiger partial charge in [-0.1, -0.05) is 31.2 Å². The zero-order chi connectivity index (χ0) is 26.9. The number of carbonyl (C=O) groups excluding carboxylic acids is 1. The van der Waals surface area contributed by atoms with Crippen molar-refractivity contribution in [2.75, 3.05) is 6.61 Å². The fourth-order valence-electron chi connectivity index (χ4n) is 5.00. The van der Waals surface area contributed by atoms with E-state index in [9.17, 15) is 28.2 Å². The predicted molar refractivity (Wildman–Crippen MR) is 127 cm³/mol. The molecule has 3 heterocycles. The van der Waals surface area contributed by atoms with Crippen molar-refractivity contribution in [2.24, 2.45) is 5.92 Å². The Bertz CT molecular complexity index is 877. The molecular formula is C26H38F3NO6. The summed E-state index contributed by atoms with van der Waals surface area (Å²) in [5.74, 6) is -0.460. The molecule has 1 spiro atoms. The van der Waals surface area contributed by atoms with Crippen molar-refractivity contribution >= 4 is 5.91 Å². The smallest absolute Gasteiger partial charge is 0.389 e. The number of hydrogen-bond acceptors (Lipinski definition) is 6. The summed E-state index contributed by atoms with van der Waals surface area (Å²) in [5.41, 5.74) is -2.22. The first-order valence-electron chi connectivity index (χ1n) is 12.4. The van der Waals surface area contributed by atoms with Crippen molar-refractivity contribution < 1.29 is 42.4 Å². The maximum atomic E-state index is 13.8. The highest BCUT2D eigenvalue weighted by molar-refractivity contribution is 5.87. The SMILES string of the molecule is C[C@@H](O)/C=C\C(=O)NC1C[C@H](C)[C@H](C/C=C(/C=C/[C@H]2OC(C)(C)C[C@@]3(CO3)[C@@H]2O)C(F)(F)F)O[C@@H]1C. The molecule has 0 aliphatic carbocycles. The summed E-state index contributed by atoms with van der Waals surface area (Å²) in [7, 11) is 0. The Kier molecular flexibility index (Phi) is 8.77. The van der Waals surface area contributed by atoms with Crippen LogP contribution in [0.5, 0.6) is 0 Å². The fraction of sp³-hybridized carbons (Fsp3) is 0.731. The van der Waals surface area contributed by atoms with Gasteiger partial charge in [0.1, 0.15) is 17.8 Å². The van der Waals surface area contributed by atoms with Crippen LogP contribution in [0.3, 0.4) is 0 Å². The number of aliphatic hydroxyl groups excluding tert-OH is 2. The molecule has 36 heavy (non-hydrogen) atoms. The fourth-order valence-corrected chi connectivity index (χ4v) is 5.00. The molecule has 3 N–H and O–H groups in total. The Hall–Kier alpha value is -1.72. The molecule has 1 unspecified atom stereocenters. The molecule has 0 saturated carbocycles. The molecule has 3 saturated heterocycles. The van der Waals surface area contributed by atoms with E-state index in [4.69, 9.17) is 14.2 Å². The van der Waals surface area contributed by atoms with Crippen molar-refractivity contribution in [3.63, 3.8) is 0 Å². The number of aliphatic hydroxyl groups is 2. The Morgan fingerprint density at radius 1 is 1.25 bits per heavy atom. The number of rotatable bonds is 7. The molecule has 0 aromatic heterocycles. The number of ether oxygens (including phenoxy) is 3. The van der Waals surface area contributed by atoms with Gasteiger partial charge in [0.15, 0.2) is 0 Å². The normalized spacial score (nSPS) is 38.0. The lowest BCUT2D eigenvalue weighted by Crippen LogP contribution is -2.53. The molecule has 3 rings (SSSR count). The van der Waals surface area contributed by atoms with Crippen LogP contribution in [-0.4, -0.2) is 76.7 Å². The van der Waals surface area contributed by atoms with Gasteiger partial charge in [0.2, 0.25) is 5.91 Å². The van der Waals surface area contributed by atoms with Crippen LogP contribution < -0.4 is 5.32 Å². The molecular weight excluding hydrogens is 479 g/mol. The van der Waals surface area contributed by atoms with E-state index in [1.54, 1.807) is 6.92 Å². The lowest BCUT2D eigenvalue weighted by Gasteiger charge is -2.41. The first-order valence-corrected chi connectivity index (χ1v) is 12.4. The number of epoxide rings is 1. The number of amides is 1. The van der Waals surface area contributed by atoms with E-state index in [0.717, 1.165) is 12.2 Å². The van der Waals surface area contributed by atoms with E-state index in [0.29, 0.717) is 19.4 Å². The number of alkyl halides is 3.